The van der Waals surface area contributed by atoms with Crippen molar-refractivity contribution in [2.45, 2.75) is 38.5 Å². The van der Waals surface area contributed by atoms with E-state index in [1.54, 1.807) is 24.3 Å². The average molecular weight is 468 g/mol. The zero-order valence-electron chi connectivity index (χ0n) is 19.0. The third-order valence-electron chi connectivity index (χ3n) is 5.32. The fourth-order valence-corrected chi connectivity index (χ4v) is 4.43. The highest BCUT2D eigenvalue weighted by atomic mass is 32.2. The van der Waals surface area contributed by atoms with Gasteiger partial charge in [0.15, 0.2) is 0 Å². The number of thioether (sulfide) groups is 1. The highest BCUT2D eigenvalue weighted by Gasteiger charge is 2.31. The molecule has 1 aliphatic heterocycles. The minimum Gasteiger partial charge on any atom is -0.495 e. The molecule has 0 saturated carbocycles. The maximum Gasteiger partial charge on any atom is 0.234 e. The number of nitrogens with one attached hydrogen (secondary N) is 2. The molecule has 1 heterocycles. The van der Waals surface area contributed by atoms with E-state index in [-0.39, 0.29) is 45.6 Å². The number of ether oxygens (including phenoxy) is 1. The number of amides is 2. The molecule has 8 heteroatoms. The van der Waals surface area contributed by atoms with E-state index in [1.165, 1.54) is 13.2 Å². The Morgan fingerprint density at radius 3 is 2.67 bits per heavy atom. The maximum absolute atomic E-state index is 14.3. The second-order valence-corrected chi connectivity index (χ2v) is 9.67. The summed E-state index contributed by atoms with van der Waals surface area (Å²) in [6.07, 6.45) is -0.0309. The van der Waals surface area contributed by atoms with E-state index in [9.17, 15) is 19.2 Å². The van der Waals surface area contributed by atoms with Gasteiger partial charge in [-0.05, 0) is 34.7 Å². The van der Waals surface area contributed by atoms with Crippen LogP contribution < -0.4 is 15.4 Å². The van der Waals surface area contributed by atoms with Gasteiger partial charge in [0, 0.05) is 12.3 Å². The fourth-order valence-electron chi connectivity index (χ4n) is 3.55. The molecule has 0 spiro atoms. The molecule has 6 nitrogen and oxygen atoms in total. The van der Waals surface area contributed by atoms with Crippen LogP contribution in [0.15, 0.2) is 53.1 Å². The molecule has 0 aliphatic carbocycles. The molecule has 0 radical (unpaired) electrons. The molecule has 1 atom stereocenters. The lowest BCUT2D eigenvalue weighted by Crippen LogP contribution is -2.31. The van der Waals surface area contributed by atoms with Gasteiger partial charge in [0.1, 0.15) is 11.6 Å². The molecule has 0 saturated heterocycles. The molecule has 33 heavy (non-hydrogen) atoms. The van der Waals surface area contributed by atoms with Gasteiger partial charge >= 0.3 is 0 Å². The van der Waals surface area contributed by atoms with E-state index in [4.69, 9.17) is 4.74 Å². The summed E-state index contributed by atoms with van der Waals surface area (Å²) in [5, 5.41) is 15.5. The summed E-state index contributed by atoms with van der Waals surface area (Å²) in [7, 11) is 1.53. The van der Waals surface area contributed by atoms with Crippen molar-refractivity contribution in [1.29, 1.82) is 5.26 Å². The summed E-state index contributed by atoms with van der Waals surface area (Å²) >= 11 is 1.04. The first-order valence-electron chi connectivity index (χ1n) is 10.4. The predicted molar refractivity (Wildman–Crippen MR) is 127 cm³/mol. The smallest absolute Gasteiger partial charge is 0.234 e. The number of nitrogens with zero attached hydrogens (tertiary/aromatic N) is 1. The van der Waals surface area contributed by atoms with Crippen molar-refractivity contribution < 1.29 is 18.7 Å². The predicted octanol–water partition coefficient (Wildman–Crippen LogP) is 4.84. The van der Waals surface area contributed by atoms with Crippen molar-refractivity contribution in [3.05, 3.63) is 70.0 Å². The van der Waals surface area contributed by atoms with Gasteiger partial charge in [-0.2, -0.15) is 5.26 Å². The van der Waals surface area contributed by atoms with Crippen LogP contribution in [0.1, 0.15) is 44.2 Å². The van der Waals surface area contributed by atoms with Crippen LogP contribution in [-0.4, -0.2) is 24.7 Å². The van der Waals surface area contributed by atoms with E-state index in [0.29, 0.717) is 11.4 Å². The summed E-state index contributed by atoms with van der Waals surface area (Å²) in [4.78, 5) is 25.0. The molecular formula is C25H26FN3O3S. The van der Waals surface area contributed by atoms with Crippen molar-refractivity contribution in [3.63, 3.8) is 0 Å². The number of nitriles is 1. The van der Waals surface area contributed by atoms with Gasteiger partial charge in [-0.1, -0.05) is 56.8 Å². The van der Waals surface area contributed by atoms with Gasteiger partial charge in [0.2, 0.25) is 11.8 Å². The summed E-state index contributed by atoms with van der Waals surface area (Å²) in [6, 6.07) is 13.8. The zero-order chi connectivity index (χ0) is 24.2. The number of carbonyl (C=O) groups is 2. The molecule has 0 aromatic heterocycles. The van der Waals surface area contributed by atoms with Crippen LogP contribution in [0.25, 0.3) is 0 Å². The molecule has 2 aromatic rings. The van der Waals surface area contributed by atoms with Crippen LogP contribution in [-0.2, 0) is 15.0 Å². The molecule has 172 valence electrons. The van der Waals surface area contributed by atoms with Crippen molar-refractivity contribution in [1.82, 2.24) is 5.32 Å². The highest BCUT2D eigenvalue weighted by Crippen LogP contribution is 2.37. The number of rotatable bonds is 6. The topological polar surface area (TPSA) is 91.2 Å². The Morgan fingerprint density at radius 1 is 1.30 bits per heavy atom. The van der Waals surface area contributed by atoms with Crippen molar-refractivity contribution in [3.8, 4) is 11.8 Å². The van der Waals surface area contributed by atoms with Crippen LogP contribution in [0.5, 0.6) is 5.75 Å². The van der Waals surface area contributed by atoms with Gasteiger partial charge < -0.3 is 15.4 Å². The summed E-state index contributed by atoms with van der Waals surface area (Å²) in [5.41, 5.74) is 2.00. The second-order valence-electron chi connectivity index (χ2n) is 8.68. The van der Waals surface area contributed by atoms with E-state index < -0.39 is 11.7 Å². The Balaban J connectivity index is 1.80. The van der Waals surface area contributed by atoms with Crippen LogP contribution in [0.4, 0.5) is 10.1 Å². The fraction of sp³-hybridized carbons (Fsp3) is 0.320. The third kappa shape index (κ3) is 5.74. The number of halogens is 1. The molecule has 0 fully saturated rings. The number of hydrogen-bond acceptors (Lipinski definition) is 5. The lowest BCUT2D eigenvalue weighted by atomic mass is 9.87. The van der Waals surface area contributed by atoms with Gasteiger partial charge in [-0.15, -0.1) is 0 Å². The lowest BCUT2D eigenvalue weighted by Gasteiger charge is -2.25. The monoisotopic (exact) mass is 467 g/mol. The quantitative estimate of drug-likeness (QED) is 0.634. The SMILES string of the molecule is COc1ccc(C(C)(C)C)cc1NC(=O)CSC1=C(C#N)C(c2ccccc2F)CC(=O)N1. The molecule has 3 rings (SSSR count). The zero-order valence-corrected chi connectivity index (χ0v) is 19.8. The van der Waals surface area contributed by atoms with E-state index in [0.717, 1.165) is 17.3 Å². The maximum atomic E-state index is 14.3. The first-order chi connectivity index (χ1) is 15.6. The molecule has 2 amide bonds. The Labute approximate surface area is 197 Å². The van der Waals surface area contributed by atoms with Gasteiger partial charge in [0.05, 0.1) is 35.2 Å². The summed E-state index contributed by atoms with van der Waals surface area (Å²) in [6.45, 7) is 6.22. The first-order valence-corrected chi connectivity index (χ1v) is 11.4. The molecule has 2 aromatic carbocycles. The summed E-state index contributed by atoms with van der Waals surface area (Å²) in [5.74, 6) is -1.34. The molecule has 1 unspecified atom stereocenters. The number of allylic oxidation sites excluding steroid dienone is 1. The largest absolute Gasteiger partial charge is 0.495 e. The van der Waals surface area contributed by atoms with Crippen LogP contribution >= 0.6 is 11.8 Å². The minimum absolute atomic E-state index is 0.0309. The van der Waals surface area contributed by atoms with Crippen molar-refractivity contribution >= 4 is 29.3 Å². The Hall–Kier alpha value is -3.31. The average Bonchev–Trinajstić information content (AvgIpc) is 2.77. The van der Waals surface area contributed by atoms with Crippen LogP contribution in [0.2, 0.25) is 0 Å². The van der Waals surface area contributed by atoms with Gasteiger partial charge in [-0.3, -0.25) is 9.59 Å². The standard InChI is InChI=1S/C25H26FN3O3S/c1-25(2,3)15-9-10-21(32-4)20(11-15)28-23(31)14-33-24-18(13-27)17(12-22(30)29-24)16-7-5-6-8-19(16)26/h5-11,17H,12,14H2,1-4H3,(H,28,31)(H,29,30). The second kappa shape index (κ2) is 10.1. The van der Waals surface area contributed by atoms with E-state index in [1.807, 2.05) is 12.1 Å². The van der Waals surface area contributed by atoms with Crippen LogP contribution in [0, 0.1) is 17.1 Å². The van der Waals surface area contributed by atoms with Gasteiger partial charge in [-0.25, -0.2) is 4.39 Å². The van der Waals surface area contributed by atoms with Crippen molar-refractivity contribution in [2.24, 2.45) is 0 Å². The first kappa shape index (κ1) is 24.3. The number of carbonyl (C=O) groups excluding carboxylic acids is 2. The lowest BCUT2D eigenvalue weighted by molar-refractivity contribution is -0.121. The van der Waals surface area contributed by atoms with Gasteiger partial charge in [0.25, 0.3) is 0 Å². The number of anilines is 1. The van der Waals surface area contributed by atoms with E-state index in [2.05, 4.69) is 37.5 Å². The van der Waals surface area contributed by atoms with E-state index >= 15 is 0 Å². The summed E-state index contributed by atoms with van der Waals surface area (Å²) < 4.78 is 19.7. The number of hydrogen-bond donors (Lipinski definition) is 2. The third-order valence-corrected chi connectivity index (χ3v) is 6.34. The number of methoxy groups -OCH3 is 1. The molecule has 1 aliphatic rings. The van der Waals surface area contributed by atoms with Crippen LogP contribution in [0.3, 0.4) is 0 Å². The number of benzene rings is 2. The molecular weight excluding hydrogens is 441 g/mol. The van der Waals surface area contributed by atoms with Crippen molar-refractivity contribution in [2.75, 3.05) is 18.2 Å². The highest BCUT2D eigenvalue weighted by molar-refractivity contribution is 8.03. The Morgan fingerprint density at radius 2 is 2.03 bits per heavy atom. The normalized spacial score (nSPS) is 16.1. The Kier molecular flexibility index (Phi) is 7.44. The molecule has 0 bridgehead atoms. The minimum atomic E-state index is -0.695. The molecule has 2 N–H and O–H groups in total. The Bertz CT molecular complexity index is 1150.